The van der Waals surface area contributed by atoms with Gasteiger partial charge in [-0.05, 0) is 25.5 Å². The van der Waals surface area contributed by atoms with Crippen molar-refractivity contribution >= 4 is 11.7 Å². The van der Waals surface area contributed by atoms with Crippen LogP contribution < -0.4 is 10.1 Å². The van der Waals surface area contributed by atoms with Crippen LogP contribution >= 0.6 is 0 Å². The van der Waals surface area contributed by atoms with E-state index in [1.165, 1.54) is 0 Å². The molecule has 0 aliphatic rings. The normalized spacial score (nSPS) is 11.9. The molecule has 4 nitrogen and oxygen atoms in total. The van der Waals surface area contributed by atoms with Crippen LogP contribution in [-0.4, -0.2) is 23.7 Å². The van der Waals surface area contributed by atoms with Crippen LogP contribution in [0.4, 0.5) is 5.69 Å². The average Bonchev–Trinajstić information content (AvgIpc) is 2.27. The van der Waals surface area contributed by atoms with Gasteiger partial charge in [0.15, 0.2) is 0 Å². The molecule has 1 rings (SSSR count). The molecule has 88 valence electrons. The molecule has 0 saturated carbocycles. The molecular formula is C12H17NO3. The predicted molar refractivity (Wildman–Crippen MR) is 62.9 cm³/mol. The number of para-hydroxylation sites is 2. The summed E-state index contributed by atoms with van der Waals surface area (Å²) in [4.78, 5) is 10.7. The van der Waals surface area contributed by atoms with E-state index in [4.69, 9.17) is 9.84 Å². The number of carboxylic acid groups (broad SMARTS) is 1. The number of benzene rings is 1. The number of nitrogens with one attached hydrogen (secondary N) is 1. The third-order valence-electron chi connectivity index (χ3n) is 2.09. The second-order valence-electron chi connectivity index (χ2n) is 3.55. The Kier molecular flexibility index (Phi) is 4.64. The van der Waals surface area contributed by atoms with E-state index in [-0.39, 0.29) is 0 Å². The summed E-state index contributed by atoms with van der Waals surface area (Å²) < 4.78 is 5.51. The Balaban J connectivity index is 2.74. The van der Waals surface area contributed by atoms with Crippen LogP contribution in [0.25, 0.3) is 0 Å². The Hall–Kier alpha value is -1.71. The summed E-state index contributed by atoms with van der Waals surface area (Å²) in [6.07, 6.45) is 0.919. The van der Waals surface area contributed by atoms with Crippen LogP contribution in [0.15, 0.2) is 24.3 Å². The number of ether oxygens (including phenoxy) is 1. The monoisotopic (exact) mass is 223 g/mol. The van der Waals surface area contributed by atoms with Gasteiger partial charge in [0.05, 0.1) is 12.3 Å². The van der Waals surface area contributed by atoms with Gasteiger partial charge in [-0.25, -0.2) is 0 Å². The van der Waals surface area contributed by atoms with Crippen LogP contribution in [0.5, 0.6) is 5.75 Å². The van der Waals surface area contributed by atoms with Gasteiger partial charge in [-0.15, -0.1) is 0 Å². The summed E-state index contributed by atoms with van der Waals surface area (Å²) in [6, 6.07) is 6.71. The Bertz CT molecular complexity index is 352. The van der Waals surface area contributed by atoms with Crippen molar-refractivity contribution in [1.82, 2.24) is 0 Å². The molecule has 4 heteroatoms. The summed E-state index contributed by atoms with van der Waals surface area (Å²) >= 11 is 0. The summed E-state index contributed by atoms with van der Waals surface area (Å²) in [5, 5.41) is 11.7. The van der Waals surface area contributed by atoms with E-state index < -0.39 is 12.0 Å². The maximum Gasteiger partial charge on any atom is 0.325 e. The van der Waals surface area contributed by atoms with Gasteiger partial charge < -0.3 is 15.2 Å². The first-order valence-electron chi connectivity index (χ1n) is 5.36. The van der Waals surface area contributed by atoms with Gasteiger partial charge in [0.2, 0.25) is 0 Å². The van der Waals surface area contributed by atoms with Crippen molar-refractivity contribution < 1.29 is 14.6 Å². The van der Waals surface area contributed by atoms with Crippen molar-refractivity contribution in [2.75, 3.05) is 11.9 Å². The summed E-state index contributed by atoms with van der Waals surface area (Å²) in [7, 11) is 0. The van der Waals surface area contributed by atoms with Crippen LogP contribution in [0.2, 0.25) is 0 Å². The summed E-state index contributed by atoms with van der Waals surface area (Å²) in [5.74, 6) is -0.192. The Morgan fingerprint density at radius 2 is 2.19 bits per heavy atom. The molecule has 16 heavy (non-hydrogen) atoms. The minimum Gasteiger partial charge on any atom is -0.491 e. The van der Waals surface area contributed by atoms with Crippen molar-refractivity contribution in [2.24, 2.45) is 0 Å². The fourth-order valence-corrected chi connectivity index (χ4v) is 1.22. The highest BCUT2D eigenvalue weighted by atomic mass is 16.5. The van der Waals surface area contributed by atoms with Gasteiger partial charge in [-0.3, -0.25) is 4.79 Å². The molecule has 1 unspecified atom stereocenters. The van der Waals surface area contributed by atoms with Crippen molar-refractivity contribution in [3.05, 3.63) is 24.3 Å². The van der Waals surface area contributed by atoms with E-state index in [2.05, 4.69) is 5.32 Å². The number of anilines is 1. The molecule has 2 N–H and O–H groups in total. The fourth-order valence-electron chi connectivity index (χ4n) is 1.22. The number of carboxylic acids is 1. The van der Waals surface area contributed by atoms with E-state index in [0.717, 1.165) is 6.42 Å². The third-order valence-corrected chi connectivity index (χ3v) is 2.09. The minimum absolute atomic E-state index is 0.625. The van der Waals surface area contributed by atoms with Crippen LogP contribution in [0, 0.1) is 0 Å². The van der Waals surface area contributed by atoms with Gasteiger partial charge in [-0.1, -0.05) is 19.1 Å². The van der Waals surface area contributed by atoms with Gasteiger partial charge in [0, 0.05) is 0 Å². The highest BCUT2D eigenvalue weighted by molar-refractivity contribution is 5.77. The lowest BCUT2D eigenvalue weighted by Crippen LogP contribution is -2.25. The molecule has 0 heterocycles. The number of hydrogen-bond donors (Lipinski definition) is 2. The number of aliphatic carboxylic acids is 1. The van der Waals surface area contributed by atoms with E-state index in [9.17, 15) is 4.79 Å². The zero-order chi connectivity index (χ0) is 12.0. The lowest BCUT2D eigenvalue weighted by Gasteiger charge is -2.15. The molecule has 0 aromatic heterocycles. The highest BCUT2D eigenvalue weighted by Crippen LogP contribution is 2.24. The van der Waals surface area contributed by atoms with E-state index in [1.54, 1.807) is 6.92 Å². The maximum atomic E-state index is 10.7. The zero-order valence-electron chi connectivity index (χ0n) is 9.56. The molecule has 1 atom stereocenters. The second-order valence-corrected chi connectivity index (χ2v) is 3.55. The number of carbonyl (C=O) groups is 1. The van der Waals surface area contributed by atoms with Crippen molar-refractivity contribution in [2.45, 2.75) is 26.3 Å². The summed E-state index contributed by atoms with van der Waals surface area (Å²) in [6.45, 7) is 4.25. The maximum absolute atomic E-state index is 10.7. The number of rotatable bonds is 6. The minimum atomic E-state index is -0.884. The van der Waals surface area contributed by atoms with Crippen molar-refractivity contribution in [1.29, 1.82) is 0 Å². The molecule has 0 aliphatic carbocycles. The molecule has 0 amide bonds. The third kappa shape index (κ3) is 3.46. The largest absolute Gasteiger partial charge is 0.491 e. The van der Waals surface area contributed by atoms with Gasteiger partial charge in [0.1, 0.15) is 11.8 Å². The Morgan fingerprint density at radius 1 is 1.50 bits per heavy atom. The smallest absolute Gasteiger partial charge is 0.325 e. The topological polar surface area (TPSA) is 58.6 Å². The predicted octanol–water partition coefficient (Wildman–Crippen LogP) is 2.36. The first-order valence-corrected chi connectivity index (χ1v) is 5.36. The van der Waals surface area contributed by atoms with E-state index in [0.29, 0.717) is 18.0 Å². The lowest BCUT2D eigenvalue weighted by molar-refractivity contribution is -0.137. The lowest BCUT2D eigenvalue weighted by atomic mass is 10.2. The molecule has 0 saturated heterocycles. The van der Waals surface area contributed by atoms with Gasteiger partial charge in [-0.2, -0.15) is 0 Å². The van der Waals surface area contributed by atoms with Gasteiger partial charge >= 0.3 is 5.97 Å². The molecule has 0 spiro atoms. The second kappa shape index (κ2) is 6.00. The average molecular weight is 223 g/mol. The SMILES string of the molecule is CCCOc1ccccc1NC(C)C(=O)O. The van der Waals surface area contributed by atoms with Crippen LogP contribution in [0.3, 0.4) is 0 Å². The highest BCUT2D eigenvalue weighted by Gasteiger charge is 2.12. The molecular weight excluding hydrogens is 206 g/mol. The Labute approximate surface area is 95.2 Å². The quantitative estimate of drug-likeness (QED) is 0.777. The zero-order valence-corrected chi connectivity index (χ0v) is 9.56. The summed E-state index contributed by atoms with van der Waals surface area (Å²) in [5.41, 5.74) is 0.714. The van der Waals surface area contributed by atoms with Crippen molar-refractivity contribution in [3.8, 4) is 5.75 Å². The fraction of sp³-hybridized carbons (Fsp3) is 0.417. The molecule has 1 aromatic carbocycles. The molecule has 0 radical (unpaired) electrons. The molecule has 0 bridgehead atoms. The molecule has 0 aliphatic heterocycles. The first-order chi connectivity index (χ1) is 7.65. The standard InChI is InChI=1S/C12H17NO3/c1-3-8-16-11-7-5-4-6-10(11)13-9(2)12(14)15/h4-7,9,13H,3,8H2,1-2H3,(H,14,15). The van der Waals surface area contributed by atoms with Crippen LogP contribution in [0.1, 0.15) is 20.3 Å². The van der Waals surface area contributed by atoms with Crippen LogP contribution in [-0.2, 0) is 4.79 Å². The molecule has 0 fully saturated rings. The Morgan fingerprint density at radius 3 is 2.81 bits per heavy atom. The molecule has 1 aromatic rings. The first kappa shape index (κ1) is 12.4. The van der Waals surface area contributed by atoms with Gasteiger partial charge in [0.25, 0.3) is 0 Å². The number of hydrogen-bond acceptors (Lipinski definition) is 3. The van der Waals surface area contributed by atoms with E-state index >= 15 is 0 Å². The van der Waals surface area contributed by atoms with Crippen molar-refractivity contribution in [3.63, 3.8) is 0 Å². The van der Waals surface area contributed by atoms with E-state index in [1.807, 2.05) is 31.2 Å².